The molecule has 0 N–H and O–H groups in total. The summed E-state index contributed by atoms with van der Waals surface area (Å²) in [5.74, 6) is 0. The Balaban J connectivity index is 2.43. The second-order valence-electron chi connectivity index (χ2n) is 8.67. The molecule has 0 bridgehead atoms. The molecule has 0 aromatic rings. The van der Waals surface area contributed by atoms with Gasteiger partial charge in [-0.2, -0.15) is 19.5 Å². The molecule has 0 saturated heterocycles. The summed E-state index contributed by atoms with van der Waals surface area (Å²) in [6.07, 6.45) is 0. The van der Waals surface area contributed by atoms with Gasteiger partial charge in [-0.3, -0.25) is 0 Å². The molecule has 136 valence electrons. The van der Waals surface area contributed by atoms with Crippen molar-refractivity contribution in [1.29, 1.82) is 0 Å². The quantitative estimate of drug-likeness (QED) is 0.440. The Morgan fingerprint density at radius 2 is 0.917 bits per heavy atom. The third-order valence-electron chi connectivity index (χ3n) is 5.69. The molecule has 0 radical (unpaired) electrons. The van der Waals surface area contributed by atoms with Gasteiger partial charge in [0.15, 0.2) is 11.4 Å². The number of hydrogen-bond donors (Lipinski definition) is 0. The van der Waals surface area contributed by atoms with E-state index in [4.69, 9.17) is 0 Å². The highest BCUT2D eigenvalue weighted by Gasteiger charge is 2.57. The first-order valence-corrected chi connectivity index (χ1v) is 8.25. The maximum Gasteiger partial charge on any atom is 0.259 e. The summed E-state index contributed by atoms with van der Waals surface area (Å²) < 4.78 is 1.95. The Bertz CT molecular complexity index is 553. The Kier molecular flexibility index (Phi) is 3.72. The van der Waals surface area contributed by atoms with E-state index in [-0.39, 0.29) is 0 Å². The number of hydroxylamine groups is 2. The standard InChI is InChI=1S/C16H30N6O2/c1-11-13(3,4)21(15(7,8)19(11)23)17-18-22-14(5,6)12(2)20(24)16(22,9)10/h1-10H3/b18-17+. The fraction of sp³-hybridized carbons (Fsp3) is 0.875. The summed E-state index contributed by atoms with van der Waals surface area (Å²) in [5.41, 5.74) is -1.45. The minimum absolute atomic E-state index is 0.557. The van der Waals surface area contributed by atoms with Crippen LogP contribution in [0.25, 0.3) is 0 Å². The van der Waals surface area contributed by atoms with Crippen molar-refractivity contribution in [2.45, 2.75) is 91.6 Å². The van der Waals surface area contributed by atoms with Crippen molar-refractivity contribution in [3.05, 3.63) is 10.4 Å². The van der Waals surface area contributed by atoms with Gasteiger partial charge in [-0.1, -0.05) is 0 Å². The van der Waals surface area contributed by atoms with Gasteiger partial charge in [0, 0.05) is 41.5 Å². The van der Waals surface area contributed by atoms with Crippen LogP contribution in [0.3, 0.4) is 0 Å². The van der Waals surface area contributed by atoms with Crippen molar-refractivity contribution in [2.24, 2.45) is 10.4 Å². The number of nitrogens with zero attached hydrogens (tertiary/aromatic N) is 6. The van der Waals surface area contributed by atoms with E-state index in [1.165, 1.54) is 0 Å². The Morgan fingerprint density at radius 1 is 0.667 bits per heavy atom. The van der Waals surface area contributed by atoms with Crippen LogP contribution < -0.4 is 0 Å². The lowest BCUT2D eigenvalue weighted by Gasteiger charge is -2.35. The molecule has 2 rings (SSSR count). The second kappa shape index (κ2) is 4.83. The summed E-state index contributed by atoms with van der Waals surface area (Å²) in [6, 6.07) is 0. The zero-order valence-electron chi connectivity index (χ0n) is 16.5. The van der Waals surface area contributed by atoms with Gasteiger partial charge < -0.3 is 10.4 Å². The Labute approximate surface area is 144 Å². The lowest BCUT2D eigenvalue weighted by molar-refractivity contribution is -0.563. The van der Waals surface area contributed by atoms with Crippen molar-refractivity contribution in [3.8, 4) is 0 Å². The molecular formula is C16H30N6O2. The average Bonchev–Trinajstić information content (AvgIpc) is 2.63. The molecule has 0 aromatic heterocycles. The van der Waals surface area contributed by atoms with Gasteiger partial charge in [-0.05, 0) is 38.1 Å². The lowest BCUT2D eigenvalue weighted by Crippen LogP contribution is -2.52. The molecule has 0 atom stereocenters. The normalized spacial score (nSPS) is 27.8. The topological polar surface area (TPSA) is 83.3 Å². The first kappa shape index (κ1) is 18.5. The lowest BCUT2D eigenvalue weighted by atomic mass is 9.99. The first-order valence-electron chi connectivity index (χ1n) is 8.25. The number of hydrogen-bond acceptors (Lipinski definition) is 4. The van der Waals surface area contributed by atoms with Crippen molar-refractivity contribution in [3.63, 3.8) is 0 Å². The van der Waals surface area contributed by atoms with Gasteiger partial charge in [0.1, 0.15) is 11.1 Å². The van der Waals surface area contributed by atoms with Gasteiger partial charge in [-0.25, -0.2) is 0 Å². The highest BCUT2D eigenvalue weighted by molar-refractivity contribution is 5.88. The minimum Gasteiger partial charge on any atom is -0.622 e. The van der Waals surface area contributed by atoms with Gasteiger partial charge in [-0.15, -0.1) is 0 Å². The molecule has 0 aliphatic carbocycles. The average molecular weight is 338 g/mol. The zero-order valence-corrected chi connectivity index (χ0v) is 16.5. The summed E-state index contributed by atoms with van der Waals surface area (Å²) in [5, 5.41) is 37.2. The summed E-state index contributed by atoms with van der Waals surface area (Å²) in [6.45, 7) is 18.7. The van der Waals surface area contributed by atoms with Gasteiger partial charge >= 0.3 is 0 Å². The molecule has 0 aromatic carbocycles. The monoisotopic (exact) mass is 338 g/mol. The molecule has 0 amide bonds. The van der Waals surface area contributed by atoms with E-state index >= 15 is 0 Å². The third-order valence-corrected chi connectivity index (χ3v) is 5.69. The predicted octanol–water partition coefficient (Wildman–Crippen LogP) is 2.87. The maximum atomic E-state index is 12.5. The molecule has 8 heteroatoms. The van der Waals surface area contributed by atoms with Crippen LogP contribution >= 0.6 is 0 Å². The van der Waals surface area contributed by atoms with Gasteiger partial charge in [0.2, 0.25) is 0 Å². The largest absolute Gasteiger partial charge is 0.622 e. The fourth-order valence-corrected chi connectivity index (χ4v) is 3.69. The minimum atomic E-state index is -0.846. The summed E-state index contributed by atoms with van der Waals surface area (Å²) >= 11 is 0. The molecule has 2 heterocycles. The van der Waals surface area contributed by atoms with E-state index in [0.29, 0.717) is 11.4 Å². The molecule has 2 aliphatic rings. The first-order chi connectivity index (χ1) is 10.6. The van der Waals surface area contributed by atoms with E-state index in [9.17, 15) is 10.4 Å². The van der Waals surface area contributed by atoms with Crippen LogP contribution in [0.2, 0.25) is 0 Å². The van der Waals surface area contributed by atoms with Crippen molar-refractivity contribution in [2.75, 3.05) is 0 Å². The highest BCUT2D eigenvalue weighted by atomic mass is 16.5. The Morgan fingerprint density at radius 3 is 1.08 bits per heavy atom. The number of rotatable bonds is 2. The zero-order chi connectivity index (χ0) is 18.9. The van der Waals surface area contributed by atoms with E-state index in [1.54, 1.807) is 10.0 Å². The molecule has 0 saturated carbocycles. The molecule has 0 unspecified atom stereocenters. The van der Waals surface area contributed by atoms with E-state index in [2.05, 4.69) is 10.4 Å². The highest BCUT2D eigenvalue weighted by Crippen LogP contribution is 2.38. The van der Waals surface area contributed by atoms with Crippen molar-refractivity contribution in [1.82, 2.24) is 10.0 Å². The third kappa shape index (κ3) is 2.11. The summed E-state index contributed by atoms with van der Waals surface area (Å²) in [7, 11) is 0. The molecule has 24 heavy (non-hydrogen) atoms. The van der Waals surface area contributed by atoms with E-state index in [1.807, 2.05) is 69.2 Å². The van der Waals surface area contributed by atoms with Crippen LogP contribution in [0.4, 0.5) is 0 Å². The second-order valence-corrected chi connectivity index (χ2v) is 8.67. The van der Waals surface area contributed by atoms with Crippen molar-refractivity contribution < 1.29 is 9.48 Å². The summed E-state index contributed by atoms with van der Waals surface area (Å²) in [4.78, 5) is 0. The van der Waals surface area contributed by atoms with Crippen LogP contribution in [-0.2, 0) is 0 Å². The fourth-order valence-electron chi connectivity index (χ4n) is 3.69. The van der Waals surface area contributed by atoms with E-state index in [0.717, 1.165) is 9.48 Å². The maximum absolute atomic E-state index is 12.5. The molecule has 0 spiro atoms. The van der Waals surface area contributed by atoms with Crippen molar-refractivity contribution >= 4 is 11.4 Å². The SMILES string of the molecule is CC1=[N+]([O-])C(C)(C)N(/N=N/N2C(C)(C)C(C)=[N+]([O-])C2(C)C)C1(C)C. The van der Waals surface area contributed by atoms with Crippen LogP contribution in [0.1, 0.15) is 69.2 Å². The predicted molar refractivity (Wildman–Crippen MR) is 93.5 cm³/mol. The van der Waals surface area contributed by atoms with Crippen LogP contribution in [-0.4, -0.2) is 53.3 Å². The molecule has 0 fully saturated rings. The van der Waals surface area contributed by atoms with Crippen LogP contribution in [0.15, 0.2) is 10.4 Å². The van der Waals surface area contributed by atoms with Crippen LogP contribution in [0, 0.1) is 10.4 Å². The smallest absolute Gasteiger partial charge is 0.259 e. The van der Waals surface area contributed by atoms with Gasteiger partial charge in [0.05, 0.1) is 0 Å². The van der Waals surface area contributed by atoms with Gasteiger partial charge in [0.25, 0.3) is 11.3 Å². The molecule has 8 nitrogen and oxygen atoms in total. The van der Waals surface area contributed by atoms with Crippen LogP contribution in [0.5, 0.6) is 0 Å². The molecule has 2 aliphatic heterocycles. The Hall–Kier alpha value is -1.86. The molecular weight excluding hydrogens is 308 g/mol. The van der Waals surface area contributed by atoms with E-state index < -0.39 is 22.4 Å².